The van der Waals surface area contributed by atoms with E-state index in [1.807, 2.05) is 24.8 Å². The maximum atomic E-state index is 12.8. The molecule has 120 valence electrons. The molecule has 1 aliphatic carbocycles. The van der Waals surface area contributed by atoms with Gasteiger partial charge in [0.25, 0.3) is 0 Å². The second-order valence-corrected chi connectivity index (χ2v) is 7.75. The summed E-state index contributed by atoms with van der Waals surface area (Å²) >= 11 is 0. The third-order valence-electron chi connectivity index (χ3n) is 5.62. The van der Waals surface area contributed by atoms with E-state index in [4.69, 9.17) is 0 Å². The van der Waals surface area contributed by atoms with Crippen molar-refractivity contribution in [1.29, 1.82) is 0 Å². The lowest BCUT2D eigenvalue weighted by molar-refractivity contribution is -0.125. The second-order valence-electron chi connectivity index (χ2n) is 7.75. The topological polar surface area (TPSA) is 47.8 Å². The van der Waals surface area contributed by atoms with Gasteiger partial charge in [0.15, 0.2) is 0 Å². The maximum absolute atomic E-state index is 12.8. The summed E-state index contributed by atoms with van der Waals surface area (Å²) in [5.74, 6) is 0.617. The Labute approximate surface area is 137 Å². The van der Waals surface area contributed by atoms with Crippen LogP contribution in [-0.2, 0) is 4.79 Å². The fourth-order valence-electron chi connectivity index (χ4n) is 4.07. The first-order valence-corrected chi connectivity index (χ1v) is 8.55. The molecule has 1 fully saturated rings. The highest BCUT2D eigenvalue weighted by molar-refractivity contribution is 5.83. The standard InChI is InChI=1S/C19H23N3O/c1-19(2)7-5-13(6-8-19)17(23)10-15-18-14(4-3-9-21-18)16-11-20-12-22(15)16/h3-4,9,11-13,15H,5-8,10H2,1-2H3. The van der Waals surface area contributed by atoms with Gasteiger partial charge < -0.3 is 4.57 Å². The normalized spacial score (nSPS) is 22.6. The highest BCUT2D eigenvalue weighted by Gasteiger charge is 2.35. The summed E-state index contributed by atoms with van der Waals surface area (Å²) < 4.78 is 2.11. The van der Waals surface area contributed by atoms with E-state index in [1.165, 1.54) is 0 Å². The van der Waals surface area contributed by atoms with E-state index < -0.39 is 0 Å². The van der Waals surface area contributed by atoms with Crippen LogP contribution in [0.15, 0.2) is 30.9 Å². The molecule has 0 amide bonds. The SMILES string of the molecule is CC1(C)CCC(C(=O)CC2c3ncccc3-c3cncn32)CC1. The van der Waals surface area contributed by atoms with Crippen molar-refractivity contribution in [3.8, 4) is 11.3 Å². The first-order chi connectivity index (χ1) is 11.1. The van der Waals surface area contributed by atoms with Crippen LogP contribution >= 0.6 is 0 Å². The number of Topliss-reactive ketones (excluding diaryl/α,β-unsaturated/α-hetero) is 1. The van der Waals surface area contributed by atoms with Gasteiger partial charge in [-0.05, 0) is 43.2 Å². The van der Waals surface area contributed by atoms with Crippen molar-refractivity contribution in [1.82, 2.24) is 14.5 Å². The van der Waals surface area contributed by atoms with Gasteiger partial charge >= 0.3 is 0 Å². The van der Waals surface area contributed by atoms with Crippen molar-refractivity contribution in [3.05, 3.63) is 36.5 Å². The summed E-state index contributed by atoms with van der Waals surface area (Å²) in [6.07, 6.45) is 10.4. The van der Waals surface area contributed by atoms with Gasteiger partial charge in [0, 0.05) is 24.1 Å². The van der Waals surface area contributed by atoms with Crippen molar-refractivity contribution < 1.29 is 4.79 Å². The Balaban J connectivity index is 1.55. The summed E-state index contributed by atoms with van der Waals surface area (Å²) in [5.41, 5.74) is 3.62. The van der Waals surface area contributed by atoms with Gasteiger partial charge in [-0.1, -0.05) is 13.8 Å². The number of rotatable bonds is 3. The molecule has 0 aromatic carbocycles. The largest absolute Gasteiger partial charge is 0.321 e. The molecule has 2 aliphatic rings. The van der Waals surface area contributed by atoms with Crippen molar-refractivity contribution in [2.75, 3.05) is 0 Å². The van der Waals surface area contributed by atoms with Gasteiger partial charge in [-0.15, -0.1) is 0 Å². The second kappa shape index (κ2) is 5.29. The minimum atomic E-state index is 0.0196. The van der Waals surface area contributed by atoms with Gasteiger partial charge in [-0.25, -0.2) is 4.98 Å². The Hall–Kier alpha value is -1.97. The predicted octanol–water partition coefficient (Wildman–Crippen LogP) is 4.02. The molecule has 1 aliphatic heterocycles. The number of fused-ring (bicyclic) bond motifs is 3. The molecule has 4 heteroatoms. The molecule has 23 heavy (non-hydrogen) atoms. The molecule has 1 saturated carbocycles. The maximum Gasteiger partial charge on any atom is 0.138 e. The molecule has 0 N–H and O–H groups in total. The lowest BCUT2D eigenvalue weighted by atomic mass is 9.71. The molecule has 0 bridgehead atoms. The van der Waals surface area contributed by atoms with E-state index in [9.17, 15) is 4.79 Å². The van der Waals surface area contributed by atoms with Gasteiger partial charge in [-0.2, -0.15) is 0 Å². The van der Waals surface area contributed by atoms with E-state index in [1.54, 1.807) is 0 Å². The molecule has 4 nitrogen and oxygen atoms in total. The smallest absolute Gasteiger partial charge is 0.138 e. The third-order valence-corrected chi connectivity index (χ3v) is 5.62. The zero-order chi connectivity index (χ0) is 16.0. The molecule has 2 aromatic heterocycles. The number of nitrogens with zero attached hydrogens (tertiary/aromatic N) is 3. The zero-order valence-electron chi connectivity index (χ0n) is 13.8. The van der Waals surface area contributed by atoms with E-state index >= 15 is 0 Å². The number of hydrogen-bond donors (Lipinski definition) is 0. The number of carbonyl (C=O) groups excluding carboxylic acids is 1. The van der Waals surface area contributed by atoms with E-state index in [2.05, 4.69) is 34.4 Å². The number of aromatic nitrogens is 3. The van der Waals surface area contributed by atoms with Crippen LogP contribution in [0, 0.1) is 11.3 Å². The van der Waals surface area contributed by atoms with Crippen molar-refractivity contribution in [2.24, 2.45) is 11.3 Å². The number of pyridine rings is 1. The molecular formula is C19H23N3O. The Morgan fingerprint density at radius 3 is 2.91 bits per heavy atom. The van der Waals surface area contributed by atoms with Gasteiger partial charge in [-0.3, -0.25) is 9.78 Å². The zero-order valence-corrected chi connectivity index (χ0v) is 13.8. The van der Waals surface area contributed by atoms with Gasteiger partial charge in [0.05, 0.1) is 30.0 Å². The van der Waals surface area contributed by atoms with Crippen LogP contribution in [0.4, 0.5) is 0 Å². The monoisotopic (exact) mass is 309 g/mol. The molecule has 1 unspecified atom stereocenters. The molecule has 2 aromatic rings. The molecule has 1 atom stereocenters. The fourth-order valence-corrected chi connectivity index (χ4v) is 4.07. The van der Waals surface area contributed by atoms with E-state index in [0.717, 1.165) is 42.6 Å². The van der Waals surface area contributed by atoms with Gasteiger partial charge in [0.2, 0.25) is 0 Å². The fraction of sp³-hybridized carbons (Fsp3) is 0.526. The Bertz CT molecular complexity index is 737. The summed E-state index contributed by atoms with van der Waals surface area (Å²) in [7, 11) is 0. The molecule has 0 radical (unpaired) electrons. The average molecular weight is 309 g/mol. The summed E-state index contributed by atoms with van der Waals surface area (Å²) in [4.78, 5) is 21.6. The van der Waals surface area contributed by atoms with Crippen LogP contribution in [0.5, 0.6) is 0 Å². The highest BCUT2D eigenvalue weighted by atomic mass is 16.1. The van der Waals surface area contributed by atoms with Crippen LogP contribution in [0.3, 0.4) is 0 Å². The van der Waals surface area contributed by atoms with Crippen LogP contribution in [0.25, 0.3) is 11.3 Å². The Morgan fingerprint density at radius 2 is 2.13 bits per heavy atom. The molecular weight excluding hydrogens is 286 g/mol. The number of ketones is 1. The van der Waals surface area contributed by atoms with E-state index in [-0.39, 0.29) is 12.0 Å². The molecule has 0 spiro atoms. The van der Waals surface area contributed by atoms with Crippen molar-refractivity contribution in [3.63, 3.8) is 0 Å². The van der Waals surface area contributed by atoms with Crippen molar-refractivity contribution >= 4 is 5.78 Å². The minimum absolute atomic E-state index is 0.0196. The Morgan fingerprint density at radius 1 is 1.35 bits per heavy atom. The average Bonchev–Trinajstić information content (AvgIpc) is 3.10. The molecule has 4 rings (SSSR count). The third kappa shape index (κ3) is 2.50. The Kier molecular flexibility index (Phi) is 3.36. The van der Waals surface area contributed by atoms with Crippen LogP contribution in [0.1, 0.15) is 57.7 Å². The predicted molar refractivity (Wildman–Crippen MR) is 89.0 cm³/mol. The lowest BCUT2D eigenvalue weighted by Gasteiger charge is -2.34. The van der Waals surface area contributed by atoms with Crippen molar-refractivity contribution in [2.45, 2.75) is 52.0 Å². The summed E-state index contributed by atoms with van der Waals surface area (Å²) in [6.45, 7) is 4.62. The van der Waals surface area contributed by atoms with E-state index in [0.29, 0.717) is 17.6 Å². The first-order valence-electron chi connectivity index (χ1n) is 8.55. The van der Waals surface area contributed by atoms with Crippen LogP contribution in [-0.4, -0.2) is 20.3 Å². The quantitative estimate of drug-likeness (QED) is 0.860. The minimum Gasteiger partial charge on any atom is -0.321 e. The number of carbonyl (C=O) groups is 1. The lowest BCUT2D eigenvalue weighted by Crippen LogP contribution is -2.27. The first kappa shape index (κ1) is 14.6. The molecule has 3 heterocycles. The number of imidazole rings is 1. The number of hydrogen-bond acceptors (Lipinski definition) is 3. The summed E-state index contributed by atoms with van der Waals surface area (Å²) in [5, 5.41) is 0. The molecule has 0 saturated heterocycles. The van der Waals surface area contributed by atoms with Crippen LogP contribution in [0.2, 0.25) is 0 Å². The van der Waals surface area contributed by atoms with Crippen LogP contribution < -0.4 is 0 Å². The summed E-state index contributed by atoms with van der Waals surface area (Å²) in [6, 6.07) is 4.04. The van der Waals surface area contributed by atoms with Gasteiger partial charge in [0.1, 0.15) is 5.78 Å². The highest BCUT2D eigenvalue weighted by Crippen LogP contribution is 2.42.